The molecule has 0 radical (unpaired) electrons. The average Bonchev–Trinajstić information content (AvgIpc) is 2.52. The molecule has 0 amide bonds. The molecule has 6 heteroatoms. The fraction of sp³-hybridized carbons (Fsp3) is 0.333. The highest BCUT2D eigenvalue weighted by Crippen LogP contribution is 2.36. The van der Waals surface area contributed by atoms with Gasteiger partial charge in [-0.15, -0.1) is 0 Å². The Morgan fingerprint density at radius 1 is 1.12 bits per heavy atom. The molecule has 130 valence electrons. The summed E-state index contributed by atoms with van der Waals surface area (Å²) in [5, 5.41) is 0. The highest BCUT2D eigenvalue weighted by atomic mass is 32.2. The third-order valence-corrected chi connectivity index (χ3v) is 4.47. The summed E-state index contributed by atoms with van der Waals surface area (Å²) in [6.07, 6.45) is 0.381. The second kappa shape index (κ2) is 8.89. The normalized spacial score (nSPS) is 11.0. The van der Waals surface area contributed by atoms with Gasteiger partial charge in [-0.2, -0.15) is 0 Å². The maximum absolute atomic E-state index is 13.2. The van der Waals surface area contributed by atoms with Gasteiger partial charge in [0.25, 0.3) is 0 Å². The van der Waals surface area contributed by atoms with Crippen LogP contribution in [0.25, 0.3) is 0 Å². The predicted octanol–water partition coefficient (Wildman–Crippen LogP) is 4.36. The van der Waals surface area contributed by atoms with Crippen molar-refractivity contribution >= 4 is 17.4 Å². The largest absolute Gasteiger partial charge is 0.493 e. The summed E-state index contributed by atoms with van der Waals surface area (Å²) >= 11 is 1.49. The van der Waals surface area contributed by atoms with Gasteiger partial charge in [0.05, 0.1) is 13.3 Å². The molecule has 0 aromatic heterocycles. The highest BCUT2D eigenvalue weighted by Gasteiger charge is 2.10. The smallest absolute Gasteiger partial charge is 0.125 e. The molecule has 0 saturated carbocycles. The lowest BCUT2D eigenvalue weighted by molar-refractivity contribution is 0.288. The summed E-state index contributed by atoms with van der Waals surface area (Å²) in [6.45, 7) is 0.696. The van der Waals surface area contributed by atoms with E-state index in [1.165, 1.54) is 23.9 Å². The number of alkyl halides is 1. The Balaban J connectivity index is 2.23. The molecule has 0 aliphatic heterocycles. The number of nitrogens with two attached hydrogens (primary N) is 1. The Kier molecular flexibility index (Phi) is 6.87. The summed E-state index contributed by atoms with van der Waals surface area (Å²) in [4.78, 5) is 3.89. The average molecular weight is 351 g/mol. The maximum Gasteiger partial charge on any atom is 0.125 e. The summed E-state index contributed by atoms with van der Waals surface area (Å²) in [6, 6.07) is 10.2. The quantitative estimate of drug-likeness (QED) is 0.566. The van der Waals surface area contributed by atoms with E-state index in [2.05, 4.69) is 4.90 Å². The van der Waals surface area contributed by atoms with Crippen molar-refractivity contribution in [1.82, 2.24) is 4.90 Å². The van der Waals surface area contributed by atoms with Crippen molar-refractivity contribution in [3.05, 3.63) is 47.8 Å². The van der Waals surface area contributed by atoms with Crippen molar-refractivity contribution in [2.24, 2.45) is 0 Å². The van der Waals surface area contributed by atoms with Gasteiger partial charge in [0, 0.05) is 28.4 Å². The fourth-order valence-electron chi connectivity index (χ4n) is 2.18. The summed E-state index contributed by atoms with van der Waals surface area (Å²) in [7, 11) is 3.97. The molecule has 0 spiro atoms. The van der Waals surface area contributed by atoms with Crippen LogP contribution >= 0.6 is 11.8 Å². The maximum atomic E-state index is 13.2. The van der Waals surface area contributed by atoms with Crippen LogP contribution in [0.4, 0.5) is 14.5 Å². The second-order valence-electron chi connectivity index (χ2n) is 5.68. The van der Waals surface area contributed by atoms with Gasteiger partial charge in [-0.1, -0.05) is 11.8 Å². The number of ether oxygens (including phenoxy) is 1. The summed E-state index contributed by atoms with van der Waals surface area (Å²) in [5.74, 6) is 0.374. The number of hydrogen-bond acceptors (Lipinski definition) is 4. The molecule has 0 bridgehead atoms. The summed E-state index contributed by atoms with van der Waals surface area (Å²) < 4.78 is 31.0. The van der Waals surface area contributed by atoms with Crippen molar-refractivity contribution < 1.29 is 13.5 Å². The molecule has 0 aliphatic carbocycles. The zero-order valence-electron chi connectivity index (χ0n) is 13.9. The molecule has 0 aliphatic rings. The molecule has 2 aromatic rings. The molecular weight excluding hydrogens is 329 g/mol. The van der Waals surface area contributed by atoms with Gasteiger partial charge in [0.15, 0.2) is 0 Å². The Labute approximate surface area is 145 Å². The van der Waals surface area contributed by atoms with E-state index < -0.39 is 0 Å². The van der Waals surface area contributed by atoms with E-state index in [9.17, 15) is 8.78 Å². The van der Waals surface area contributed by atoms with Gasteiger partial charge in [-0.25, -0.2) is 4.39 Å². The monoisotopic (exact) mass is 351 g/mol. The first-order valence-corrected chi connectivity index (χ1v) is 8.50. The Morgan fingerprint density at radius 3 is 2.54 bits per heavy atom. The Morgan fingerprint density at radius 2 is 1.88 bits per heavy atom. The fourth-order valence-corrected chi connectivity index (χ4v) is 3.13. The van der Waals surface area contributed by atoms with Crippen molar-refractivity contribution in [2.75, 3.05) is 33.1 Å². The first-order chi connectivity index (χ1) is 11.5. The van der Waals surface area contributed by atoms with E-state index >= 15 is 0 Å². The van der Waals surface area contributed by atoms with Crippen LogP contribution in [0.1, 0.15) is 12.0 Å². The predicted molar refractivity (Wildman–Crippen MR) is 94.9 cm³/mol. The molecule has 2 rings (SSSR count). The molecule has 2 N–H and O–H groups in total. The van der Waals surface area contributed by atoms with Gasteiger partial charge < -0.3 is 15.4 Å². The zero-order chi connectivity index (χ0) is 17.5. The van der Waals surface area contributed by atoms with Crippen LogP contribution in [0.3, 0.4) is 0 Å². The van der Waals surface area contributed by atoms with Crippen LogP contribution in [-0.2, 0) is 6.54 Å². The van der Waals surface area contributed by atoms with Gasteiger partial charge in [0.2, 0.25) is 0 Å². The van der Waals surface area contributed by atoms with Crippen LogP contribution in [0.2, 0.25) is 0 Å². The van der Waals surface area contributed by atoms with E-state index in [1.807, 2.05) is 32.3 Å². The zero-order valence-corrected chi connectivity index (χ0v) is 14.7. The SMILES string of the molecule is CN(C)Cc1cc(OCCC[18F])ccc1Sc1ccc(F)cc1N. The molecule has 3 nitrogen and oxygen atoms in total. The minimum absolute atomic E-state index is 0.345. The lowest BCUT2D eigenvalue weighted by Gasteiger charge is -2.16. The van der Waals surface area contributed by atoms with E-state index in [0.29, 0.717) is 18.7 Å². The molecule has 0 unspecified atom stereocenters. The topological polar surface area (TPSA) is 38.5 Å². The Bertz CT molecular complexity index is 680. The van der Waals surface area contributed by atoms with Crippen molar-refractivity contribution in [1.29, 1.82) is 0 Å². The van der Waals surface area contributed by atoms with Crippen molar-refractivity contribution in [3.63, 3.8) is 0 Å². The van der Waals surface area contributed by atoms with Crippen LogP contribution < -0.4 is 10.5 Å². The summed E-state index contributed by atoms with van der Waals surface area (Å²) in [5.41, 5.74) is 7.39. The number of rotatable bonds is 8. The highest BCUT2D eigenvalue weighted by molar-refractivity contribution is 7.99. The van der Waals surface area contributed by atoms with Crippen LogP contribution in [-0.4, -0.2) is 32.3 Å². The lowest BCUT2D eigenvalue weighted by atomic mass is 10.2. The minimum atomic E-state index is -0.387. The van der Waals surface area contributed by atoms with Crippen LogP contribution in [0.5, 0.6) is 5.75 Å². The number of hydrogen-bond donors (Lipinski definition) is 1. The number of nitrogens with zero attached hydrogens (tertiary/aromatic N) is 1. The lowest BCUT2D eigenvalue weighted by Crippen LogP contribution is -2.11. The van der Waals surface area contributed by atoms with Gasteiger partial charge in [-0.05, 0) is 56.1 Å². The minimum Gasteiger partial charge on any atom is -0.493 e. The van der Waals surface area contributed by atoms with Crippen LogP contribution in [0.15, 0.2) is 46.2 Å². The van der Waals surface area contributed by atoms with E-state index in [1.54, 1.807) is 6.07 Å². The van der Waals surface area contributed by atoms with Crippen LogP contribution in [0, 0.1) is 5.82 Å². The number of anilines is 1. The van der Waals surface area contributed by atoms with Gasteiger partial charge in [0.1, 0.15) is 11.6 Å². The molecular formula is C18H22F2N2OS. The third-order valence-electron chi connectivity index (χ3n) is 3.26. The molecule has 0 heterocycles. The molecule has 2 aromatic carbocycles. The molecule has 24 heavy (non-hydrogen) atoms. The van der Waals surface area contributed by atoms with E-state index in [-0.39, 0.29) is 12.5 Å². The first kappa shape index (κ1) is 18.5. The molecule has 0 fully saturated rings. The van der Waals surface area contributed by atoms with E-state index in [4.69, 9.17) is 10.5 Å². The van der Waals surface area contributed by atoms with E-state index in [0.717, 1.165) is 27.6 Å². The van der Waals surface area contributed by atoms with Crippen molar-refractivity contribution in [2.45, 2.75) is 22.8 Å². The number of halogens is 2. The van der Waals surface area contributed by atoms with Gasteiger partial charge >= 0.3 is 0 Å². The van der Waals surface area contributed by atoms with Gasteiger partial charge in [-0.3, -0.25) is 4.39 Å². The Hall–Kier alpha value is -1.79. The standard InChI is InChI=1S/C18H22F2N2OS/c1-22(2)12-13-10-15(23-9-3-8-19)5-7-17(13)24-18-6-4-14(20)11-16(18)21/h4-7,10-11H,3,8-9,12,21H2,1-2H3/i19-1. The van der Waals surface area contributed by atoms with Crippen molar-refractivity contribution in [3.8, 4) is 5.75 Å². The second-order valence-corrected chi connectivity index (χ2v) is 6.77. The molecule has 0 saturated heterocycles. The number of nitrogen functional groups attached to an aromatic ring is 1. The first-order valence-electron chi connectivity index (χ1n) is 7.69. The third kappa shape index (κ3) is 5.39. The number of benzene rings is 2. The molecule has 0 atom stereocenters.